The first-order valence-electron chi connectivity index (χ1n) is 14.3. The third-order valence-electron chi connectivity index (χ3n) is 8.79. The van der Waals surface area contributed by atoms with Crippen LogP contribution in [-0.4, -0.2) is 54.9 Å². The van der Waals surface area contributed by atoms with Crippen LogP contribution in [0.15, 0.2) is 53.8 Å². The van der Waals surface area contributed by atoms with Crippen molar-refractivity contribution >= 4 is 5.52 Å². The van der Waals surface area contributed by atoms with E-state index in [1.807, 2.05) is 29.8 Å². The van der Waals surface area contributed by atoms with Crippen molar-refractivity contribution in [2.24, 2.45) is 13.0 Å². The first kappa shape index (κ1) is 27.7. The third-order valence-corrected chi connectivity index (χ3v) is 8.79. The molecular formula is C30H35F3N6O2. The number of methoxy groups -OCH3 is 1. The number of rotatable bonds is 7. The van der Waals surface area contributed by atoms with E-state index >= 15 is 0 Å². The average molecular weight is 569 g/mol. The van der Waals surface area contributed by atoms with Gasteiger partial charge in [-0.15, -0.1) is 10.2 Å². The highest BCUT2D eigenvalue weighted by atomic mass is 19.4. The molecule has 1 aromatic carbocycles. The molecule has 0 amide bonds. The average Bonchev–Trinajstić information content (AvgIpc) is 3.40. The maximum absolute atomic E-state index is 14.3. The predicted octanol–water partition coefficient (Wildman–Crippen LogP) is 5.17. The van der Waals surface area contributed by atoms with Crippen LogP contribution in [0.3, 0.4) is 0 Å². The molecule has 2 fully saturated rings. The number of imidazole rings is 1. The van der Waals surface area contributed by atoms with Crippen LogP contribution in [0.4, 0.5) is 13.2 Å². The molecule has 6 rings (SSSR count). The first-order valence-corrected chi connectivity index (χ1v) is 14.3. The number of likely N-dealkylation sites (tertiary alicyclic amines) is 1. The van der Waals surface area contributed by atoms with Gasteiger partial charge in [-0.2, -0.15) is 13.2 Å². The minimum atomic E-state index is -4.61. The second kappa shape index (κ2) is 11.1. The highest BCUT2D eigenvalue weighted by Crippen LogP contribution is 2.43. The molecule has 0 N–H and O–H groups in total. The van der Waals surface area contributed by atoms with Gasteiger partial charge < -0.3 is 9.30 Å². The second-order valence-electron chi connectivity index (χ2n) is 11.4. The first-order chi connectivity index (χ1) is 19.7. The summed E-state index contributed by atoms with van der Waals surface area (Å²) in [6.45, 7) is 1.84. The van der Waals surface area contributed by atoms with Gasteiger partial charge in [0.1, 0.15) is 12.2 Å². The van der Waals surface area contributed by atoms with Crippen molar-refractivity contribution < 1.29 is 17.9 Å². The summed E-state index contributed by atoms with van der Waals surface area (Å²) < 4.78 is 52.8. The molecule has 1 aliphatic heterocycles. The quantitative estimate of drug-likeness (QED) is 0.308. The van der Waals surface area contributed by atoms with Gasteiger partial charge in [-0.25, -0.2) is 4.79 Å². The molecular weight excluding hydrogens is 533 g/mol. The number of aryl methyl sites for hydroxylation is 1. The van der Waals surface area contributed by atoms with E-state index in [9.17, 15) is 18.0 Å². The monoisotopic (exact) mass is 568 g/mol. The van der Waals surface area contributed by atoms with Crippen LogP contribution < -0.4 is 5.69 Å². The standard InChI is InChI=1S/C30H35F3N6O2/c1-36-19-34-35-28(36)27(21-6-3-7-21)22-8-4-9-23(15-22)38-18-26-25(30(31,32)33)14-20(17-39(26)29(38)40)16-37-12-5-10-24(41-2)11-13-37/h4,8-9,14-15,17-19,21,24,27H,3,5-7,10-13,16H2,1-2H3/t24-,27-/m1/s1. The van der Waals surface area contributed by atoms with Crippen molar-refractivity contribution in [3.05, 3.63) is 82.1 Å². The van der Waals surface area contributed by atoms with Crippen molar-refractivity contribution in [2.45, 2.75) is 63.3 Å². The summed E-state index contributed by atoms with van der Waals surface area (Å²) in [5.74, 6) is 1.23. The van der Waals surface area contributed by atoms with Crippen molar-refractivity contribution in [3.63, 3.8) is 0 Å². The summed E-state index contributed by atoms with van der Waals surface area (Å²) in [4.78, 5) is 15.8. The van der Waals surface area contributed by atoms with Crippen LogP contribution in [-0.2, 0) is 24.5 Å². The SMILES string of the molecule is CO[C@@H]1CCCN(Cc2cc(C(F)(F)F)c3cn(-c4cccc([C@H](c5nncn5C)C5CCC5)c4)c(=O)n3c2)CC1. The maximum Gasteiger partial charge on any atom is 0.418 e. The smallest absolute Gasteiger partial charge is 0.381 e. The Morgan fingerprint density at radius 2 is 1.90 bits per heavy atom. The van der Waals surface area contributed by atoms with Gasteiger partial charge in [0.25, 0.3) is 0 Å². The number of nitrogens with zero attached hydrogens (tertiary/aromatic N) is 6. The van der Waals surface area contributed by atoms with Gasteiger partial charge in [-0.3, -0.25) is 13.9 Å². The number of alkyl halides is 3. The topological polar surface area (TPSA) is 69.6 Å². The Morgan fingerprint density at radius 3 is 2.59 bits per heavy atom. The van der Waals surface area contributed by atoms with Crippen molar-refractivity contribution in [1.82, 2.24) is 28.6 Å². The normalized spacial score (nSPS) is 19.8. The molecule has 4 aromatic rings. The Morgan fingerprint density at radius 1 is 1.07 bits per heavy atom. The van der Waals surface area contributed by atoms with Crippen molar-refractivity contribution in [2.75, 3.05) is 20.2 Å². The number of fused-ring (bicyclic) bond motifs is 1. The lowest BCUT2D eigenvalue weighted by atomic mass is 9.72. The Labute approximate surface area is 236 Å². The molecule has 2 aliphatic rings. The van der Waals surface area contributed by atoms with E-state index in [1.54, 1.807) is 25.7 Å². The van der Waals surface area contributed by atoms with Gasteiger partial charge in [0, 0.05) is 45.6 Å². The number of hydrogen-bond acceptors (Lipinski definition) is 5. The Balaban J connectivity index is 1.39. The van der Waals surface area contributed by atoms with Gasteiger partial charge in [-0.05, 0) is 73.9 Å². The molecule has 8 nitrogen and oxygen atoms in total. The number of pyridine rings is 1. The Kier molecular flexibility index (Phi) is 7.50. The molecule has 3 aromatic heterocycles. The number of aromatic nitrogens is 5. The Hall–Kier alpha value is -3.44. The zero-order valence-electron chi connectivity index (χ0n) is 23.3. The fourth-order valence-electron chi connectivity index (χ4n) is 6.37. The summed E-state index contributed by atoms with van der Waals surface area (Å²) in [5, 5.41) is 8.43. The molecule has 0 bridgehead atoms. The number of halogens is 3. The fourth-order valence-corrected chi connectivity index (χ4v) is 6.37. The maximum atomic E-state index is 14.3. The van der Waals surface area contributed by atoms with E-state index in [2.05, 4.69) is 15.1 Å². The molecule has 4 heterocycles. The van der Waals surface area contributed by atoms with E-state index < -0.39 is 17.4 Å². The lowest BCUT2D eigenvalue weighted by molar-refractivity contribution is -0.136. The molecule has 0 spiro atoms. The van der Waals surface area contributed by atoms with Crippen molar-refractivity contribution in [1.29, 1.82) is 0 Å². The summed E-state index contributed by atoms with van der Waals surface area (Å²) in [7, 11) is 3.60. The molecule has 0 unspecified atom stereocenters. The summed E-state index contributed by atoms with van der Waals surface area (Å²) in [5.41, 5.74) is 0.460. The molecule has 1 saturated carbocycles. The zero-order chi connectivity index (χ0) is 28.7. The second-order valence-corrected chi connectivity index (χ2v) is 11.4. The van der Waals surface area contributed by atoms with E-state index in [-0.39, 0.29) is 17.5 Å². The van der Waals surface area contributed by atoms with Crippen LogP contribution >= 0.6 is 0 Å². The highest BCUT2D eigenvalue weighted by Gasteiger charge is 2.35. The molecule has 0 radical (unpaired) electrons. The fraction of sp³-hybridized carbons (Fsp3) is 0.500. The predicted molar refractivity (Wildman–Crippen MR) is 148 cm³/mol. The van der Waals surface area contributed by atoms with E-state index in [0.717, 1.165) is 67.4 Å². The van der Waals surface area contributed by atoms with Crippen LogP contribution in [0, 0.1) is 5.92 Å². The summed E-state index contributed by atoms with van der Waals surface area (Å²) in [6.07, 6.45) is 6.05. The lowest BCUT2D eigenvalue weighted by Gasteiger charge is -2.33. The minimum Gasteiger partial charge on any atom is -0.381 e. The molecule has 1 aliphatic carbocycles. The van der Waals surface area contributed by atoms with E-state index in [1.165, 1.54) is 16.8 Å². The molecule has 1 saturated heterocycles. The minimum absolute atomic E-state index is 0.00685. The number of ether oxygens (including phenoxy) is 1. The van der Waals surface area contributed by atoms with Gasteiger partial charge >= 0.3 is 11.9 Å². The van der Waals surface area contributed by atoms with Gasteiger partial charge in [-0.1, -0.05) is 18.6 Å². The van der Waals surface area contributed by atoms with Gasteiger partial charge in [0.05, 0.1) is 22.9 Å². The van der Waals surface area contributed by atoms with Crippen LogP contribution in [0.5, 0.6) is 0 Å². The highest BCUT2D eigenvalue weighted by molar-refractivity contribution is 5.58. The largest absolute Gasteiger partial charge is 0.418 e. The van der Waals surface area contributed by atoms with Crippen LogP contribution in [0.2, 0.25) is 0 Å². The van der Waals surface area contributed by atoms with Crippen LogP contribution in [0.25, 0.3) is 11.2 Å². The van der Waals surface area contributed by atoms with Gasteiger partial charge in [0.2, 0.25) is 0 Å². The summed E-state index contributed by atoms with van der Waals surface area (Å²) >= 11 is 0. The zero-order valence-corrected chi connectivity index (χ0v) is 23.3. The van der Waals surface area contributed by atoms with Gasteiger partial charge in [0.15, 0.2) is 0 Å². The van der Waals surface area contributed by atoms with Crippen LogP contribution in [0.1, 0.15) is 67.0 Å². The number of benzene rings is 1. The molecule has 218 valence electrons. The summed E-state index contributed by atoms with van der Waals surface area (Å²) in [6, 6.07) is 8.70. The third kappa shape index (κ3) is 5.44. The lowest BCUT2D eigenvalue weighted by Crippen LogP contribution is -2.26. The Bertz CT molecular complexity index is 1590. The molecule has 41 heavy (non-hydrogen) atoms. The molecule has 11 heteroatoms. The van der Waals surface area contributed by atoms with Crippen molar-refractivity contribution in [3.8, 4) is 5.69 Å². The van der Waals surface area contributed by atoms with E-state index in [0.29, 0.717) is 23.7 Å². The molecule has 2 atom stereocenters. The van der Waals surface area contributed by atoms with E-state index in [4.69, 9.17) is 4.74 Å². The number of hydrogen-bond donors (Lipinski definition) is 0.